The minimum absolute atomic E-state index is 0.0713. The van der Waals surface area contributed by atoms with Crippen LogP contribution in [0.25, 0.3) is 0 Å². The second-order valence-electron chi connectivity index (χ2n) is 3.98. The molecule has 1 aromatic carbocycles. The molecule has 0 saturated heterocycles. The van der Waals surface area contributed by atoms with Crippen LogP contribution in [-0.4, -0.2) is 33.7 Å². The average Bonchev–Trinajstić information content (AvgIpc) is 2.16. The molecule has 1 rings (SSSR count). The lowest BCUT2D eigenvalue weighted by atomic mass is 10.2. The Bertz CT molecular complexity index is 317. The minimum Gasteiger partial charge on any atom is -0.345 e. The summed E-state index contributed by atoms with van der Waals surface area (Å²) in [7, 11) is 2.81. The van der Waals surface area contributed by atoms with E-state index in [1.165, 1.54) is 5.19 Å². The zero-order valence-corrected chi connectivity index (χ0v) is 10.4. The van der Waals surface area contributed by atoms with Crippen LogP contribution in [0.5, 0.6) is 0 Å². The fourth-order valence-corrected chi connectivity index (χ4v) is 2.23. The van der Waals surface area contributed by atoms with Gasteiger partial charge in [0.05, 0.1) is 8.80 Å². The first kappa shape index (κ1) is 11.0. The molecule has 0 aliphatic heterocycles. The number of rotatable bonds is 2. The van der Waals surface area contributed by atoms with Crippen LogP contribution in [0.15, 0.2) is 24.3 Å². The van der Waals surface area contributed by atoms with Crippen LogP contribution in [-0.2, 0) is 0 Å². The van der Waals surface area contributed by atoms with E-state index in [1.54, 1.807) is 19.0 Å². The molecule has 0 N–H and O–H groups in total. The summed E-state index contributed by atoms with van der Waals surface area (Å²) in [5.41, 5.74) is 0.772. The smallest absolute Gasteiger partial charge is 0.253 e. The highest BCUT2D eigenvalue weighted by atomic mass is 28.3. The van der Waals surface area contributed by atoms with Crippen LogP contribution in [0.1, 0.15) is 10.4 Å². The largest absolute Gasteiger partial charge is 0.345 e. The highest BCUT2D eigenvalue weighted by Gasteiger charge is 2.07. The van der Waals surface area contributed by atoms with Crippen LogP contribution in [0.2, 0.25) is 13.1 Å². The second-order valence-corrected chi connectivity index (χ2v) is 6.95. The Morgan fingerprint density at radius 2 is 1.64 bits per heavy atom. The van der Waals surface area contributed by atoms with E-state index in [9.17, 15) is 4.79 Å². The molecule has 0 atom stereocenters. The Balaban J connectivity index is 2.89. The van der Waals surface area contributed by atoms with Gasteiger partial charge in [0.1, 0.15) is 0 Å². The Kier molecular flexibility index (Phi) is 3.47. The van der Waals surface area contributed by atoms with Crippen molar-refractivity contribution in [2.24, 2.45) is 0 Å². The van der Waals surface area contributed by atoms with Crippen molar-refractivity contribution < 1.29 is 4.79 Å². The van der Waals surface area contributed by atoms with Gasteiger partial charge in [-0.2, -0.15) is 0 Å². The van der Waals surface area contributed by atoms with Gasteiger partial charge in [-0.05, 0) is 12.1 Å². The molecule has 2 nitrogen and oxygen atoms in total. The van der Waals surface area contributed by atoms with Crippen molar-refractivity contribution in [3.8, 4) is 0 Å². The number of amides is 1. The van der Waals surface area contributed by atoms with E-state index >= 15 is 0 Å². The summed E-state index contributed by atoms with van der Waals surface area (Å²) in [6.07, 6.45) is 0. The highest BCUT2D eigenvalue weighted by Crippen LogP contribution is 2.01. The molecule has 1 amide bonds. The molecule has 0 unspecified atom stereocenters. The molecule has 0 radical (unpaired) electrons. The summed E-state index contributed by atoms with van der Waals surface area (Å²) >= 11 is 0. The number of benzene rings is 1. The quantitative estimate of drug-likeness (QED) is 0.665. The first-order valence-electron chi connectivity index (χ1n) is 4.84. The number of nitrogens with zero attached hydrogens (tertiary/aromatic N) is 1. The summed E-state index contributed by atoms with van der Waals surface area (Å²) in [4.78, 5) is 13.2. The third kappa shape index (κ3) is 2.45. The summed E-state index contributed by atoms with van der Waals surface area (Å²) in [5.74, 6) is 0.0713. The predicted octanol–water partition coefficient (Wildman–Crippen LogP) is 1.08. The molecular weight excluding hydrogens is 190 g/mol. The van der Waals surface area contributed by atoms with Gasteiger partial charge in [0, 0.05) is 19.7 Å². The van der Waals surface area contributed by atoms with Crippen molar-refractivity contribution >= 4 is 19.9 Å². The monoisotopic (exact) mass is 207 g/mol. The third-order valence-electron chi connectivity index (χ3n) is 2.23. The molecule has 76 valence electrons. The summed E-state index contributed by atoms with van der Waals surface area (Å²) in [6, 6.07) is 8.00. The number of carbonyl (C=O) groups excluding carboxylic acids is 1. The van der Waals surface area contributed by atoms with E-state index in [-0.39, 0.29) is 5.91 Å². The Morgan fingerprint density at radius 1 is 1.14 bits per heavy atom. The van der Waals surface area contributed by atoms with Crippen LogP contribution in [0.3, 0.4) is 0 Å². The van der Waals surface area contributed by atoms with Gasteiger partial charge in [-0.15, -0.1) is 0 Å². The van der Waals surface area contributed by atoms with Crippen LogP contribution in [0.4, 0.5) is 0 Å². The molecule has 0 aromatic heterocycles. The van der Waals surface area contributed by atoms with Gasteiger partial charge < -0.3 is 4.90 Å². The molecule has 0 spiro atoms. The molecule has 0 aliphatic carbocycles. The van der Waals surface area contributed by atoms with Crippen LogP contribution in [0, 0.1) is 0 Å². The van der Waals surface area contributed by atoms with Gasteiger partial charge >= 0.3 is 0 Å². The molecule has 0 heterocycles. The van der Waals surface area contributed by atoms with Crippen LogP contribution < -0.4 is 5.19 Å². The number of carbonyl (C=O) groups is 1. The lowest BCUT2D eigenvalue weighted by Crippen LogP contribution is -2.25. The van der Waals surface area contributed by atoms with Gasteiger partial charge in [0.25, 0.3) is 5.91 Å². The van der Waals surface area contributed by atoms with Crippen molar-refractivity contribution in [1.82, 2.24) is 4.90 Å². The third-order valence-corrected chi connectivity index (χ3v) is 3.95. The van der Waals surface area contributed by atoms with E-state index in [4.69, 9.17) is 0 Å². The fourth-order valence-electron chi connectivity index (χ4n) is 1.27. The minimum atomic E-state index is -0.730. The van der Waals surface area contributed by atoms with Gasteiger partial charge in [-0.25, -0.2) is 0 Å². The summed E-state index contributed by atoms with van der Waals surface area (Å²) in [5, 5.41) is 1.40. The number of hydrogen-bond donors (Lipinski definition) is 0. The predicted molar refractivity (Wildman–Crippen MR) is 63.0 cm³/mol. The molecular formula is C11H17NOSi. The lowest BCUT2D eigenvalue weighted by molar-refractivity contribution is 0.0827. The van der Waals surface area contributed by atoms with E-state index in [0.717, 1.165) is 5.56 Å². The first-order chi connectivity index (χ1) is 6.52. The maximum atomic E-state index is 11.6. The Hall–Kier alpha value is -1.09. The van der Waals surface area contributed by atoms with E-state index in [2.05, 4.69) is 25.2 Å². The van der Waals surface area contributed by atoms with Gasteiger partial charge in [0.15, 0.2) is 0 Å². The van der Waals surface area contributed by atoms with Crippen molar-refractivity contribution in [2.45, 2.75) is 13.1 Å². The first-order valence-corrected chi connectivity index (χ1v) is 7.72. The molecule has 0 aliphatic rings. The molecule has 0 saturated carbocycles. The maximum Gasteiger partial charge on any atom is 0.253 e. The van der Waals surface area contributed by atoms with Gasteiger partial charge in [-0.1, -0.05) is 30.4 Å². The van der Waals surface area contributed by atoms with Gasteiger partial charge in [0.2, 0.25) is 0 Å². The van der Waals surface area contributed by atoms with Crippen LogP contribution >= 0.6 is 0 Å². The maximum absolute atomic E-state index is 11.6. The van der Waals surface area contributed by atoms with E-state index < -0.39 is 8.80 Å². The van der Waals surface area contributed by atoms with Crippen molar-refractivity contribution in [3.63, 3.8) is 0 Å². The standard InChI is InChI=1S/C11H17NOSi/c1-12(2)11(13)9-5-7-10(8-6-9)14(3)4/h5-8,14H,1-4H3. The highest BCUT2D eigenvalue weighted by molar-refractivity contribution is 6.70. The van der Waals surface area contributed by atoms with Crippen molar-refractivity contribution in [1.29, 1.82) is 0 Å². The second kappa shape index (κ2) is 4.42. The van der Waals surface area contributed by atoms with E-state index in [1.807, 2.05) is 12.1 Å². The van der Waals surface area contributed by atoms with Crippen molar-refractivity contribution in [3.05, 3.63) is 29.8 Å². The van der Waals surface area contributed by atoms with Gasteiger partial charge in [-0.3, -0.25) is 4.79 Å². The zero-order chi connectivity index (χ0) is 10.7. The average molecular weight is 207 g/mol. The van der Waals surface area contributed by atoms with Crippen molar-refractivity contribution in [2.75, 3.05) is 14.1 Å². The Labute approximate surface area is 87.2 Å². The molecule has 1 aromatic rings. The normalized spacial score (nSPS) is 10.4. The molecule has 3 heteroatoms. The summed E-state index contributed by atoms with van der Waals surface area (Å²) in [6.45, 7) is 4.56. The Morgan fingerprint density at radius 3 is 2.00 bits per heavy atom. The molecule has 0 bridgehead atoms. The topological polar surface area (TPSA) is 20.3 Å². The lowest BCUT2D eigenvalue weighted by Gasteiger charge is -2.11. The zero-order valence-electron chi connectivity index (χ0n) is 9.24. The number of hydrogen-bond acceptors (Lipinski definition) is 1. The van der Waals surface area contributed by atoms with E-state index in [0.29, 0.717) is 0 Å². The molecule has 14 heavy (non-hydrogen) atoms. The fraction of sp³-hybridized carbons (Fsp3) is 0.364. The SMILES string of the molecule is CN(C)C(=O)c1ccc([SiH](C)C)cc1. The molecule has 0 fully saturated rings. The summed E-state index contributed by atoms with van der Waals surface area (Å²) < 4.78 is 0.